The van der Waals surface area contributed by atoms with E-state index in [1.165, 1.54) is 6.92 Å². The first-order chi connectivity index (χ1) is 4.90. The summed E-state index contributed by atoms with van der Waals surface area (Å²) in [6.45, 7) is 5.08. The summed E-state index contributed by atoms with van der Waals surface area (Å²) in [5, 5.41) is 0. The zero-order valence-corrected chi connectivity index (χ0v) is 8.04. The minimum Gasteiger partial charge on any atom is -0.323 e. The Bertz CT molecular complexity index is 160. The van der Waals surface area contributed by atoms with Gasteiger partial charge >= 0.3 is 7.60 Å². The zero-order chi connectivity index (χ0) is 9.07. The predicted molar refractivity (Wildman–Crippen MR) is 44.3 cm³/mol. The van der Waals surface area contributed by atoms with Gasteiger partial charge in [-0.15, -0.1) is 0 Å². The van der Waals surface area contributed by atoms with Crippen molar-refractivity contribution in [1.82, 2.24) is 0 Å². The van der Waals surface area contributed by atoms with Gasteiger partial charge in [-0.1, -0.05) is 6.92 Å². The van der Waals surface area contributed by atoms with Crippen LogP contribution < -0.4 is 5.73 Å². The second-order valence-electron chi connectivity index (χ2n) is 2.63. The lowest BCUT2D eigenvalue weighted by Gasteiger charge is -2.18. The van der Waals surface area contributed by atoms with Crippen molar-refractivity contribution in [3.63, 3.8) is 0 Å². The maximum absolute atomic E-state index is 11.1. The summed E-state index contributed by atoms with van der Waals surface area (Å²) in [5.74, 6) is -0.809. The molecular weight excluding hydrogens is 165 g/mol. The van der Waals surface area contributed by atoms with Gasteiger partial charge in [-0.25, -0.2) is 0 Å². The lowest BCUT2D eigenvalue weighted by molar-refractivity contribution is 0.181. The first-order valence-electron chi connectivity index (χ1n) is 3.66. The van der Waals surface area contributed by atoms with Crippen LogP contribution in [-0.2, 0) is 9.09 Å². The molecule has 5 heteroatoms. The monoisotopic (exact) mass is 181 g/mol. The average Bonchev–Trinajstić information content (AvgIpc) is 1.86. The SMILES string of the molecule is CCC(C)OP(=O)(O)C(C)N. The molecule has 3 N–H and O–H groups in total. The Labute approximate surface area is 67.3 Å². The van der Waals surface area contributed by atoms with Crippen molar-refractivity contribution in [2.75, 3.05) is 0 Å². The van der Waals surface area contributed by atoms with Crippen molar-refractivity contribution in [2.45, 2.75) is 39.1 Å². The van der Waals surface area contributed by atoms with Gasteiger partial charge < -0.3 is 15.2 Å². The first kappa shape index (κ1) is 11.1. The van der Waals surface area contributed by atoms with E-state index in [9.17, 15) is 4.57 Å². The molecule has 11 heavy (non-hydrogen) atoms. The fourth-order valence-corrected chi connectivity index (χ4v) is 1.29. The summed E-state index contributed by atoms with van der Waals surface area (Å²) in [6, 6.07) is 0. The molecule has 3 unspecified atom stereocenters. The van der Waals surface area contributed by atoms with Crippen LogP contribution in [0.15, 0.2) is 0 Å². The molecule has 0 aliphatic carbocycles. The van der Waals surface area contributed by atoms with E-state index in [2.05, 4.69) is 0 Å². The highest BCUT2D eigenvalue weighted by Crippen LogP contribution is 2.46. The quantitative estimate of drug-likeness (QED) is 0.641. The molecule has 0 saturated heterocycles. The summed E-state index contributed by atoms with van der Waals surface area (Å²) in [7, 11) is -3.56. The van der Waals surface area contributed by atoms with Gasteiger partial charge in [-0.05, 0) is 20.3 Å². The second-order valence-corrected chi connectivity index (χ2v) is 4.78. The number of hydrogen-bond acceptors (Lipinski definition) is 3. The molecule has 0 aliphatic heterocycles. The fourth-order valence-electron chi connectivity index (χ4n) is 0.428. The fraction of sp³-hybridized carbons (Fsp3) is 1.00. The average molecular weight is 181 g/mol. The van der Waals surface area contributed by atoms with Crippen LogP contribution in [0, 0.1) is 0 Å². The van der Waals surface area contributed by atoms with E-state index in [0.29, 0.717) is 6.42 Å². The van der Waals surface area contributed by atoms with Gasteiger partial charge in [0.25, 0.3) is 0 Å². The molecule has 0 bridgehead atoms. The standard InChI is InChI=1S/C6H16NO3P/c1-4-5(2)10-11(8,9)6(3)7/h5-6H,4,7H2,1-3H3,(H,8,9). The van der Waals surface area contributed by atoms with Crippen molar-refractivity contribution in [2.24, 2.45) is 5.73 Å². The minimum atomic E-state index is -3.56. The number of nitrogens with two attached hydrogens (primary N) is 1. The van der Waals surface area contributed by atoms with Crippen LogP contribution in [0.5, 0.6) is 0 Å². The van der Waals surface area contributed by atoms with Crippen LogP contribution in [0.1, 0.15) is 27.2 Å². The van der Waals surface area contributed by atoms with Crippen LogP contribution in [0.3, 0.4) is 0 Å². The molecule has 0 amide bonds. The maximum atomic E-state index is 11.1. The van der Waals surface area contributed by atoms with Gasteiger partial charge in [-0.2, -0.15) is 0 Å². The number of hydrogen-bond donors (Lipinski definition) is 2. The highest BCUT2D eigenvalue weighted by molar-refractivity contribution is 7.53. The Hall–Kier alpha value is 0.110. The van der Waals surface area contributed by atoms with Gasteiger partial charge in [0.15, 0.2) is 0 Å². The summed E-state index contributed by atoms with van der Waals surface area (Å²) >= 11 is 0. The maximum Gasteiger partial charge on any atom is 0.344 e. The predicted octanol–water partition coefficient (Wildman–Crippen LogP) is 1.29. The normalized spacial score (nSPS) is 22.3. The highest BCUT2D eigenvalue weighted by Gasteiger charge is 2.26. The zero-order valence-electron chi connectivity index (χ0n) is 7.15. The molecule has 3 atom stereocenters. The van der Waals surface area contributed by atoms with Crippen molar-refractivity contribution < 1.29 is 14.0 Å². The molecule has 0 aromatic heterocycles. The summed E-state index contributed by atoms with van der Waals surface area (Å²) < 4.78 is 15.9. The van der Waals surface area contributed by atoms with Gasteiger partial charge in [0, 0.05) is 0 Å². The summed E-state index contributed by atoms with van der Waals surface area (Å²) in [6.07, 6.45) is 0.494. The lowest BCUT2D eigenvalue weighted by Crippen LogP contribution is -2.19. The van der Waals surface area contributed by atoms with E-state index in [1.807, 2.05) is 6.92 Å². The molecule has 0 rings (SSSR count). The Balaban J connectivity index is 4.02. The molecule has 0 heterocycles. The van der Waals surface area contributed by atoms with Crippen LogP contribution in [0.4, 0.5) is 0 Å². The van der Waals surface area contributed by atoms with E-state index in [4.69, 9.17) is 15.2 Å². The van der Waals surface area contributed by atoms with Gasteiger partial charge in [0.2, 0.25) is 0 Å². The minimum absolute atomic E-state index is 0.211. The molecule has 0 spiro atoms. The Morgan fingerprint density at radius 3 is 2.36 bits per heavy atom. The first-order valence-corrected chi connectivity index (χ1v) is 5.31. The largest absolute Gasteiger partial charge is 0.344 e. The third kappa shape index (κ3) is 3.87. The Morgan fingerprint density at radius 1 is 1.64 bits per heavy atom. The van der Waals surface area contributed by atoms with E-state index >= 15 is 0 Å². The molecule has 0 radical (unpaired) electrons. The van der Waals surface area contributed by atoms with Crippen LogP contribution >= 0.6 is 7.60 Å². The molecule has 4 nitrogen and oxygen atoms in total. The van der Waals surface area contributed by atoms with Crippen LogP contribution in [0.2, 0.25) is 0 Å². The highest BCUT2D eigenvalue weighted by atomic mass is 31.2. The summed E-state index contributed by atoms with van der Waals surface area (Å²) in [4.78, 5) is 9.10. The Morgan fingerprint density at radius 2 is 2.09 bits per heavy atom. The third-order valence-electron chi connectivity index (χ3n) is 1.42. The molecule has 0 aromatic rings. The van der Waals surface area contributed by atoms with E-state index < -0.39 is 13.4 Å². The lowest BCUT2D eigenvalue weighted by atomic mass is 10.3. The number of rotatable bonds is 4. The van der Waals surface area contributed by atoms with Crippen molar-refractivity contribution >= 4 is 7.60 Å². The molecule has 0 fully saturated rings. The van der Waals surface area contributed by atoms with Crippen LogP contribution in [0.25, 0.3) is 0 Å². The molecule has 0 aliphatic rings. The van der Waals surface area contributed by atoms with Gasteiger partial charge in [0.1, 0.15) is 5.78 Å². The second kappa shape index (κ2) is 4.21. The van der Waals surface area contributed by atoms with Crippen molar-refractivity contribution in [3.05, 3.63) is 0 Å². The van der Waals surface area contributed by atoms with E-state index in [-0.39, 0.29) is 6.10 Å². The Kier molecular flexibility index (Phi) is 4.26. The van der Waals surface area contributed by atoms with Gasteiger partial charge in [0.05, 0.1) is 6.10 Å². The summed E-state index contributed by atoms with van der Waals surface area (Å²) in [5.41, 5.74) is 5.24. The topological polar surface area (TPSA) is 72.5 Å². The molecule has 0 aromatic carbocycles. The smallest absolute Gasteiger partial charge is 0.323 e. The van der Waals surface area contributed by atoms with Crippen molar-refractivity contribution in [3.8, 4) is 0 Å². The molecule has 68 valence electrons. The van der Waals surface area contributed by atoms with E-state index in [1.54, 1.807) is 6.92 Å². The van der Waals surface area contributed by atoms with Crippen LogP contribution in [-0.4, -0.2) is 16.8 Å². The molecular formula is C6H16NO3P. The molecule has 0 saturated carbocycles. The van der Waals surface area contributed by atoms with Crippen molar-refractivity contribution in [1.29, 1.82) is 0 Å². The van der Waals surface area contributed by atoms with Gasteiger partial charge in [-0.3, -0.25) is 4.57 Å². The third-order valence-corrected chi connectivity index (χ3v) is 3.11. The van der Waals surface area contributed by atoms with E-state index in [0.717, 1.165) is 0 Å².